The second-order valence-electron chi connectivity index (χ2n) is 8.00. The Kier molecular flexibility index (Phi) is 2.68. The summed E-state index contributed by atoms with van der Waals surface area (Å²) in [5, 5.41) is 10.7. The van der Waals surface area contributed by atoms with Crippen molar-refractivity contribution in [1.29, 1.82) is 0 Å². The number of hydrogen-bond donors (Lipinski definition) is 1. The van der Waals surface area contributed by atoms with Crippen molar-refractivity contribution < 1.29 is 9.84 Å². The summed E-state index contributed by atoms with van der Waals surface area (Å²) in [4.78, 5) is 0. The fourth-order valence-corrected chi connectivity index (χ4v) is 5.71. The molecule has 0 aromatic rings. The Bertz CT molecular complexity index is 347. The molecule has 2 nitrogen and oxygen atoms in total. The minimum absolute atomic E-state index is 0.0274. The predicted molar refractivity (Wildman–Crippen MR) is 72.3 cm³/mol. The van der Waals surface area contributed by atoms with E-state index >= 15 is 0 Å². The van der Waals surface area contributed by atoms with Gasteiger partial charge < -0.3 is 9.84 Å². The van der Waals surface area contributed by atoms with E-state index in [0.717, 1.165) is 19.4 Å². The summed E-state index contributed by atoms with van der Waals surface area (Å²) in [6.07, 6.45) is 5.52. The zero-order chi connectivity index (χ0) is 13.2. The second-order valence-corrected chi connectivity index (χ2v) is 8.00. The average molecular weight is 252 g/mol. The lowest BCUT2D eigenvalue weighted by molar-refractivity contribution is -0.195. The van der Waals surface area contributed by atoms with Gasteiger partial charge in [0.1, 0.15) is 0 Å². The van der Waals surface area contributed by atoms with Gasteiger partial charge in [0.2, 0.25) is 0 Å². The highest BCUT2D eigenvalue weighted by Crippen LogP contribution is 2.64. The van der Waals surface area contributed by atoms with Crippen LogP contribution in [0.25, 0.3) is 0 Å². The molecule has 2 heteroatoms. The van der Waals surface area contributed by atoms with Crippen molar-refractivity contribution in [3.8, 4) is 0 Å². The molecule has 1 N–H and O–H groups in total. The summed E-state index contributed by atoms with van der Waals surface area (Å²) in [5.74, 6) is 1.19. The SMILES string of the molecule is CC1(C)CC[C@H](O)[C@@]2(C)[C@H]1CC[C@@]1(C)OCC[C@@H]21. The highest BCUT2D eigenvalue weighted by molar-refractivity contribution is 5.12. The van der Waals surface area contributed by atoms with E-state index in [1.165, 1.54) is 19.3 Å². The molecule has 0 radical (unpaired) electrons. The minimum Gasteiger partial charge on any atom is -0.393 e. The number of aliphatic hydroxyl groups is 1. The smallest absolute Gasteiger partial charge is 0.0689 e. The van der Waals surface area contributed by atoms with Crippen molar-refractivity contribution in [2.24, 2.45) is 22.7 Å². The molecule has 2 aliphatic carbocycles. The number of rotatable bonds is 0. The monoisotopic (exact) mass is 252 g/mol. The van der Waals surface area contributed by atoms with Crippen LogP contribution in [0.1, 0.15) is 59.8 Å². The van der Waals surface area contributed by atoms with Gasteiger partial charge in [-0.3, -0.25) is 0 Å². The molecule has 3 aliphatic rings. The lowest BCUT2D eigenvalue weighted by Gasteiger charge is -2.62. The van der Waals surface area contributed by atoms with Gasteiger partial charge in [-0.2, -0.15) is 0 Å². The maximum Gasteiger partial charge on any atom is 0.0689 e. The molecule has 1 saturated heterocycles. The summed E-state index contributed by atoms with van der Waals surface area (Å²) in [7, 11) is 0. The van der Waals surface area contributed by atoms with Gasteiger partial charge in [-0.1, -0.05) is 20.8 Å². The Balaban J connectivity index is 2.03. The molecule has 0 aromatic carbocycles. The minimum atomic E-state index is -0.137. The highest BCUT2D eigenvalue weighted by Gasteiger charge is 2.63. The zero-order valence-corrected chi connectivity index (χ0v) is 12.3. The van der Waals surface area contributed by atoms with Crippen LogP contribution in [0.15, 0.2) is 0 Å². The quantitative estimate of drug-likeness (QED) is 0.716. The predicted octanol–water partition coefficient (Wildman–Crippen LogP) is 3.38. The molecule has 0 bridgehead atoms. The Hall–Kier alpha value is -0.0800. The summed E-state index contributed by atoms with van der Waals surface area (Å²) >= 11 is 0. The van der Waals surface area contributed by atoms with Gasteiger partial charge in [0, 0.05) is 12.0 Å². The van der Waals surface area contributed by atoms with Crippen LogP contribution >= 0.6 is 0 Å². The van der Waals surface area contributed by atoms with E-state index in [0.29, 0.717) is 17.3 Å². The van der Waals surface area contributed by atoms with E-state index in [4.69, 9.17) is 4.74 Å². The van der Waals surface area contributed by atoms with E-state index in [2.05, 4.69) is 27.7 Å². The topological polar surface area (TPSA) is 29.5 Å². The molecule has 104 valence electrons. The van der Waals surface area contributed by atoms with Crippen LogP contribution in [0.2, 0.25) is 0 Å². The zero-order valence-electron chi connectivity index (χ0n) is 12.3. The number of fused-ring (bicyclic) bond motifs is 3. The average Bonchev–Trinajstić information content (AvgIpc) is 2.67. The van der Waals surface area contributed by atoms with Gasteiger partial charge >= 0.3 is 0 Å². The van der Waals surface area contributed by atoms with E-state index in [1.54, 1.807) is 0 Å². The maximum absolute atomic E-state index is 10.7. The molecule has 0 spiro atoms. The molecule has 18 heavy (non-hydrogen) atoms. The molecular formula is C16H28O2. The van der Waals surface area contributed by atoms with Crippen LogP contribution < -0.4 is 0 Å². The lowest BCUT2D eigenvalue weighted by atomic mass is 9.44. The Morgan fingerprint density at radius 3 is 2.39 bits per heavy atom. The number of ether oxygens (including phenoxy) is 1. The molecule has 0 aromatic heterocycles. The maximum atomic E-state index is 10.7. The number of hydrogen-bond acceptors (Lipinski definition) is 2. The first kappa shape index (κ1) is 12.9. The summed E-state index contributed by atoms with van der Waals surface area (Å²) < 4.78 is 6.06. The highest BCUT2D eigenvalue weighted by atomic mass is 16.5. The Morgan fingerprint density at radius 1 is 0.944 bits per heavy atom. The first-order valence-corrected chi connectivity index (χ1v) is 7.63. The van der Waals surface area contributed by atoms with E-state index < -0.39 is 0 Å². The van der Waals surface area contributed by atoms with Crippen LogP contribution in [0, 0.1) is 22.7 Å². The molecule has 1 aliphatic heterocycles. The molecule has 5 atom stereocenters. The number of aliphatic hydroxyl groups excluding tert-OH is 1. The van der Waals surface area contributed by atoms with Gasteiger partial charge in [-0.15, -0.1) is 0 Å². The molecule has 1 heterocycles. The summed E-state index contributed by atoms with van der Waals surface area (Å²) in [6, 6.07) is 0. The largest absolute Gasteiger partial charge is 0.393 e. The van der Waals surface area contributed by atoms with Gasteiger partial charge in [-0.25, -0.2) is 0 Å². The van der Waals surface area contributed by atoms with Crippen molar-refractivity contribution >= 4 is 0 Å². The van der Waals surface area contributed by atoms with Crippen molar-refractivity contribution in [3.63, 3.8) is 0 Å². The van der Waals surface area contributed by atoms with E-state index in [-0.39, 0.29) is 17.1 Å². The standard InChI is InChI=1S/C16H28O2/c1-14(2)8-6-13(17)16(4)11(14)5-9-15(3)12(16)7-10-18-15/h11-13,17H,5-10H2,1-4H3/t11-,12+,13-,15+,16-/m0/s1. The molecule has 3 fully saturated rings. The molecule has 0 unspecified atom stereocenters. The Morgan fingerprint density at radius 2 is 1.67 bits per heavy atom. The molecule has 2 saturated carbocycles. The molecular weight excluding hydrogens is 224 g/mol. The van der Waals surface area contributed by atoms with Gasteiger partial charge in [0.05, 0.1) is 11.7 Å². The van der Waals surface area contributed by atoms with Crippen LogP contribution in [0.4, 0.5) is 0 Å². The van der Waals surface area contributed by atoms with Gasteiger partial charge in [-0.05, 0) is 56.3 Å². The van der Waals surface area contributed by atoms with Crippen LogP contribution in [0.3, 0.4) is 0 Å². The normalized spacial score (nSPS) is 54.8. The van der Waals surface area contributed by atoms with Gasteiger partial charge in [0.15, 0.2) is 0 Å². The van der Waals surface area contributed by atoms with Crippen LogP contribution in [-0.2, 0) is 4.74 Å². The summed E-state index contributed by atoms with van der Waals surface area (Å²) in [6.45, 7) is 10.3. The lowest BCUT2D eigenvalue weighted by Crippen LogP contribution is -2.61. The van der Waals surface area contributed by atoms with Gasteiger partial charge in [0.25, 0.3) is 0 Å². The third-order valence-electron chi connectivity index (χ3n) is 6.73. The fourth-order valence-electron chi connectivity index (χ4n) is 5.71. The molecule has 3 rings (SSSR count). The fraction of sp³-hybridized carbons (Fsp3) is 1.00. The van der Waals surface area contributed by atoms with Crippen LogP contribution in [0.5, 0.6) is 0 Å². The Labute approximate surface area is 111 Å². The first-order valence-electron chi connectivity index (χ1n) is 7.63. The van der Waals surface area contributed by atoms with Crippen molar-refractivity contribution in [3.05, 3.63) is 0 Å². The first-order chi connectivity index (χ1) is 8.31. The van der Waals surface area contributed by atoms with Crippen molar-refractivity contribution in [2.75, 3.05) is 6.61 Å². The third-order valence-corrected chi connectivity index (χ3v) is 6.73. The van der Waals surface area contributed by atoms with E-state index in [1.807, 2.05) is 0 Å². The van der Waals surface area contributed by atoms with E-state index in [9.17, 15) is 5.11 Å². The van der Waals surface area contributed by atoms with Crippen molar-refractivity contribution in [1.82, 2.24) is 0 Å². The molecule has 0 amide bonds. The third kappa shape index (κ3) is 1.48. The van der Waals surface area contributed by atoms with Crippen LogP contribution in [-0.4, -0.2) is 23.4 Å². The van der Waals surface area contributed by atoms with Crippen molar-refractivity contribution in [2.45, 2.75) is 71.5 Å². The second kappa shape index (κ2) is 3.73. The summed E-state index contributed by atoms with van der Waals surface area (Å²) in [5.41, 5.74) is 0.461.